The molecule has 3 aromatic heterocycles. The Morgan fingerprint density at radius 1 is 1.21 bits per heavy atom. The zero-order valence-corrected chi connectivity index (χ0v) is 14.9. The van der Waals surface area contributed by atoms with Crippen LogP contribution in [0, 0.1) is 5.82 Å². The number of hydrogen-bond donors (Lipinski definition) is 2. The molecular formula is C19H14FN5O4. The van der Waals surface area contributed by atoms with Crippen LogP contribution in [0.3, 0.4) is 0 Å². The number of aromatic amines is 1. The highest BCUT2D eigenvalue weighted by Gasteiger charge is 2.13. The SMILES string of the molecule is O=C(O)c1c[nH]c2ccc(OCc3cn(Cc4ccc(F)cc4)nn3)nc2c1=O. The zero-order valence-electron chi connectivity index (χ0n) is 14.9. The smallest absolute Gasteiger partial charge is 0.341 e. The van der Waals surface area contributed by atoms with Crippen molar-refractivity contribution in [2.75, 3.05) is 0 Å². The molecule has 0 aliphatic carbocycles. The number of fused-ring (bicyclic) bond motifs is 1. The number of ether oxygens (including phenoxy) is 1. The first kappa shape index (κ1) is 18.3. The monoisotopic (exact) mass is 395 g/mol. The molecule has 4 rings (SSSR count). The average Bonchev–Trinajstić information content (AvgIpc) is 3.16. The van der Waals surface area contributed by atoms with Crippen molar-refractivity contribution in [3.63, 3.8) is 0 Å². The predicted octanol–water partition coefficient (Wildman–Crippen LogP) is 1.98. The number of hydrogen-bond acceptors (Lipinski definition) is 6. The van der Waals surface area contributed by atoms with Crippen molar-refractivity contribution in [2.24, 2.45) is 0 Å². The molecule has 9 nitrogen and oxygen atoms in total. The first-order valence-electron chi connectivity index (χ1n) is 8.51. The van der Waals surface area contributed by atoms with Gasteiger partial charge in [0.05, 0.1) is 18.3 Å². The maximum atomic E-state index is 13.0. The average molecular weight is 395 g/mol. The van der Waals surface area contributed by atoms with Gasteiger partial charge in [0.1, 0.15) is 29.2 Å². The number of aromatic carboxylic acids is 1. The molecular weight excluding hydrogens is 381 g/mol. The van der Waals surface area contributed by atoms with Gasteiger partial charge in [0, 0.05) is 12.3 Å². The van der Waals surface area contributed by atoms with Crippen LogP contribution in [-0.4, -0.2) is 36.0 Å². The number of aromatic nitrogens is 5. The van der Waals surface area contributed by atoms with Crippen LogP contribution >= 0.6 is 0 Å². The summed E-state index contributed by atoms with van der Waals surface area (Å²) in [7, 11) is 0. The molecule has 0 saturated carbocycles. The minimum absolute atomic E-state index is 0.0256. The zero-order chi connectivity index (χ0) is 20.4. The van der Waals surface area contributed by atoms with Gasteiger partial charge in [-0.15, -0.1) is 5.10 Å². The highest BCUT2D eigenvalue weighted by Crippen LogP contribution is 2.14. The summed E-state index contributed by atoms with van der Waals surface area (Å²) in [5.74, 6) is -1.49. The molecule has 4 aromatic rings. The van der Waals surface area contributed by atoms with Gasteiger partial charge in [0.2, 0.25) is 11.3 Å². The Hall–Kier alpha value is -4.08. The second kappa shape index (κ2) is 7.50. The van der Waals surface area contributed by atoms with Crippen molar-refractivity contribution in [3.8, 4) is 5.88 Å². The Morgan fingerprint density at radius 2 is 2.00 bits per heavy atom. The van der Waals surface area contributed by atoms with Crippen molar-refractivity contribution in [2.45, 2.75) is 13.2 Å². The van der Waals surface area contributed by atoms with Crippen LogP contribution in [0.1, 0.15) is 21.6 Å². The summed E-state index contributed by atoms with van der Waals surface area (Å²) in [6, 6.07) is 9.21. The van der Waals surface area contributed by atoms with Gasteiger partial charge < -0.3 is 14.8 Å². The number of pyridine rings is 2. The highest BCUT2D eigenvalue weighted by molar-refractivity contribution is 5.91. The van der Waals surface area contributed by atoms with Crippen molar-refractivity contribution < 1.29 is 19.0 Å². The Labute approximate surface area is 162 Å². The number of carboxylic acid groups (broad SMARTS) is 1. The maximum absolute atomic E-state index is 13.0. The number of halogens is 1. The van der Waals surface area contributed by atoms with Crippen LogP contribution in [0.15, 0.2) is 53.6 Å². The fourth-order valence-electron chi connectivity index (χ4n) is 2.72. The Bertz CT molecular complexity index is 1250. The highest BCUT2D eigenvalue weighted by atomic mass is 19.1. The minimum atomic E-state index is -1.33. The van der Waals surface area contributed by atoms with Gasteiger partial charge in [0.25, 0.3) is 0 Å². The summed E-state index contributed by atoms with van der Waals surface area (Å²) in [4.78, 5) is 30.1. The molecule has 146 valence electrons. The van der Waals surface area contributed by atoms with E-state index in [1.807, 2.05) is 0 Å². The molecule has 0 fully saturated rings. The second-order valence-electron chi connectivity index (χ2n) is 6.20. The summed E-state index contributed by atoms with van der Waals surface area (Å²) in [5, 5.41) is 17.0. The van der Waals surface area contributed by atoms with E-state index < -0.39 is 17.0 Å². The second-order valence-corrected chi connectivity index (χ2v) is 6.20. The van der Waals surface area contributed by atoms with Gasteiger partial charge in [-0.25, -0.2) is 18.9 Å². The van der Waals surface area contributed by atoms with Crippen molar-refractivity contribution in [1.82, 2.24) is 25.0 Å². The number of carbonyl (C=O) groups is 1. The van der Waals surface area contributed by atoms with Crippen LogP contribution in [0.2, 0.25) is 0 Å². The summed E-state index contributed by atoms with van der Waals surface area (Å²) in [6.07, 6.45) is 2.81. The fraction of sp³-hybridized carbons (Fsp3) is 0.105. The number of nitrogens with zero attached hydrogens (tertiary/aromatic N) is 4. The number of carboxylic acids is 1. The van der Waals surface area contributed by atoms with Gasteiger partial charge in [-0.2, -0.15) is 0 Å². The standard InChI is InChI=1S/C19H14FN5O4/c20-12-3-1-11(2-4-12)8-25-9-13(23-24-25)10-29-16-6-5-15-17(22-16)18(26)14(7-21-15)19(27)28/h1-7,9H,8,10H2,(H,21,26)(H,27,28). The Kier molecular flexibility index (Phi) is 4.73. The lowest BCUT2D eigenvalue weighted by atomic mass is 10.2. The van der Waals surface area contributed by atoms with Crippen LogP contribution in [-0.2, 0) is 13.2 Å². The number of nitrogens with one attached hydrogen (secondary N) is 1. The van der Waals surface area contributed by atoms with Crippen molar-refractivity contribution in [3.05, 3.63) is 81.7 Å². The molecule has 0 radical (unpaired) electrons. The van der Waals surface area contributed by atoms with Crippen molar-refractivity contribution in [1.29, 1.82) is 0 Å². The van der Waals surface area contributed by atoms with E-state index in [1.54, 1.807) is 35.1 Å². The van der Waals surface area contributed by atoms with Gasteiger partial charge in [-0.3, -0.25) is 4.79 Å². The minimum Gasteiger partial charge on any atom is -0.477 e. The Balaban J connectivity index is 1.47. The van der Waals surface area contributed by atoms with Crippen LogP contribution in [0.25, 0.3) is 11.0 Å². The molecule has 0 unspecified atom stereocenters. The Morgan fingerprint density at radius 3 is 2.76 bits per heavy atom. The molecule has 0 spiro atoms. The van der Waals surface area contributed by atoms with E-state index in [0.29, 0.717) is 17.8 Å². The largest absolute Gasteiger partial charge is 0.477 e. The summed E-state index contributed by atoms with van der Waals surface area (Å²) >= 11 is 0. The fourth-order valence-corrected chi connectivity index (χ4v) is 2.72. The molecule has 0 saturated heterocycles. The van der Waals surface area contributed by atoms with Gasteiger partial charge in [-0.1, -0.05) is 17.3 Å². The number of H-pyrrole nitrogens is 1. The van der Waals surface area contributed by atoms with Gasteiger partial charge in [-0.05, 0) is 23.8 Å². The topological polar surface area (TPSA) is 123 Å². The summed E-state index contributed by atoms with van der Waals surface area (Å²) < 4.78 is 20.1. The maximum Gasteiger partial charge on any atom is 0.341 e. The lowest BCUT2D eigenvalue weighted by molar-refractivity contribution is 0.0695. The molecule has 29 heavy (non-hydrogen) atoms. The van der Waals surface area contributed by atoms with Gasteiger partial charge in [0.15, 0.2) is 0 Å². The van der Waals surface area contributed by atoms with E-state index in [9.17, 15) is 14.0 Å². The summed E-state index contributed by atoms with van der Waals surface area (Å²) in [5.41, 5.74) is 0.684. The number of rotatable bonds is 6. The predicted molar refractivity (Wildman–Crippen MR) is 99.2 cm³/mol. The van der Waals surface area contributed by atoms with E-state index in [0.717, 1.165) is 11.8 Å². The summed E-state index contributed by atoms with van der Waals surface area (Å²) in [6.45, 7) is 0.479. The third-order valence-electron chi connectivity index (χ3n) is 4.14. The molecule has 0 amide bonds. The third kappa shape index (κ3) is 3.95. The van der Waals surface area contributed by atoms with Gasteiger partial charge >= 0.3 is 5.97 Å². The molecule has 1 aromatic carbocycles. The molecule has 0 bridgehead atoms. The quantitative estimate of drug-likeness (QED) is 0.512. The molecule has 2 N–H and O–H groups in total. The van der Waals surface area contributed by atoms with Crippen LogP contribution in [0.4, 0.5) is 4.39 Å². The molecule has 10 heteroatoms. The van der Waals surface area contributed by atoms with E-state index in [4.69, 9.17) is 9.84 Å². The first-order valence-corrected chi connectivity index (χ1v) is 8.51. The van der Waals surface area contributed by atoms with Crippen LogP contribution < -0.4 is 10.2 Å². The normalized spacial score (nSPS) is 10.9. The van der Waals surface area contributed by atoms with E-state index >= 15 is 0 Å². The molecule has 0 aliphatic rings. The lowest BCUT2D eigenvalue weighted by Crippen LogP contribution is -2.16. The van der Waals surface area contributed by atoms with Crippen LogP contribution in [0.5, 0.6) is 5.88 Å². The molecule has 0 atom stereocenters. The lowest BCUT2D eigenvalue weighted by Gasteiger charge is -2.05. The van der Waals surface area contributed by atoms with E-state index in [-0.39, 0.29) is 23.8 Å². The van der Waals surface area contributed by atoms with E-state index in [2.05, 4.69) is 20.3 Å². The first-order chi connectivity index (χ1) is 14.0. The van der Waals surface area contributed by atoms with E-state index in [1.165, 1.54) is 12.1 Å². The van der Waals surface area contributed by atoms with Crippen molar-refractivity contribution >= 4 is 17.0 Å². The third-order valence-corrected chi connectivity index (χ3v) is 4.14. The number of benzene rings is 1. The molecule has 3 heterocycles. The molecule has 0 aliphatic heterocycles.